The van der Waals surface area contributed by atoms with Crippen LogP contribution in [0.25, 0.3) is 0 Å². The first-order valence-electron chi connectivity index (χ1n) is 6.47. The monoisotopic (exact) mass is 294 g/mol. The van der Waals surface area contributed by atoms with Gasteiger partial charge in [0.05, 0.1) is 11.5 Å². The van der Waals surface area contributed by atoms with Crippen molar-refractivity contribution >= 4 is 12.1 Å². The van der Waals surface area contributed by atoms with E-state index in [-0.39, 0.29) is 35.6 Å². The van der Waals surface area contributed by atoms with Crippen LogP contribution in [0, 0.1) is 0 Å². The van der Waals surface area contributed by atoms with Crippen molar-refractivity contribution < 1.29 is 49.0 Å². The number of carbonyl (C=O) groups excluding carboxylic acids is 2. The van der Waals surface area contributed by atoms with E-state index in [4.69, 9.17) is 4.74 Å². The van der Waals surface area contributed by atoms with Gasteiger partial charge in [0.1, 0.15) is 5.60 Å². The summed E-state index contributed by atoms with van der Waals surface area (Å²) in [6.07, 6.45) is 0.492. The van der Waals surface area contributed by atoms with E-state index in [1.165, 1.54) is 0 Å². The average Bonchev–Trinajstić information content (AvgIpc) is 2.20. The second-order valence-corrected chi connectivity index (χ2v) is 6.32. The Labute approximate surface area is 142 Å². The quantitative estimate of drug-likeness (QED) is 0.553. The molecule has 0 bridgehead atoms. The van der Waals surface area contributed by atoms with Gasteiger partial charge in [-0.25, -0.2) is 4.79 Å². The van der Waals surface area contributed by atoms with Gasteiger partial charge in [-0.15, -0.1) is 0 Å². The van der Waals surface area contributed by atoms with Gasteiger partial charge in [0.15, 0.2) is 0 Å². The number of amides is 1. The molecule has 0 spiro atoms. The fraction of sp³-hybridized carbons (Fsp3) is 0.846. The van der Waals surface area contributed by atoms with Crippen LogP contribution >= 0.6 is 0 Å². The Kier molecular flexibility index (Phi) is 7.01. The minimum absolute atomic E-state index is 0. The molecule has 1 rings (SSSR count). The topological polar surface area (TPSA) is 81.7 Å². The fourth-order valence-electron chi connectivity index (χ4n) is 2.17. The van der Waals surface area contributed by atoms with Crippen LogP contribution in [0.1, 0.15) is 40.5 Å². The molecule has 7 heteroatoms. The number of nitrogens with one attached hydrogen (secondary N) is 1. The molecule has 1 N–H and O–H groups in total. The summed E-state index contributed by atoms with van der Waals surface area (Å²) >= 11 is 0. The Morgan fingerprint density at radius 2 is 1.95 bits per heavy atom. The molecule has 1 saturated heterocycles. The Morgan fingerprint density at radius 1 is 1.40 bits per heavy atom. The number of likely N-dealkylation sites (tertiary alicyclic amines) is 1. The van der Waals surface area contributed by atoms with Gasteiger partial charge in [0, 0.05) is 12.6 Å². The van der Waals surface area contributed by atoms with Crippen molar-refractivity contribution in [3.05, 3.63) is 0 Å². The van der Waals surface area contributed by atoms with Crippen LogP contribution in [0.4, 0.5) is 4.79 Å². The molecule has 2 unspecified atom stereocenters. The summed E-state index contributed by atoms with van der Waals surface area (Å²) < 4.78 is 5.17. The van der Waals surface area contributed by atoms with E-state index >= 15 is 0 Å². The third-order valence-electron chi connectivity index (χ3n) is 3.46. The molecule has 0 aromatic heterocycles. The van der Waals surface area contributed by atoms with Gasteiger partial charge in [-0.2, -0.15) is 0 Å². The van der Waals surface area contributed by atoms with E-state index in [1.807, 2.05) is 0 Å². The second kappa shape index (κ2) is 7.11. The summed E-state index contributed by atoms with van der Waals surface area (Å²) in [7, 11) is 1.75. The summed E-state index contributed by atoms with van der Waals surface area (Å²) in [6, 6.07) is -0.214. The number of rotatable bonds is 2. The molecular formula is C13H23N2NaO4. The van der Waals surface area contributed by atoms with Crippen molar-refractivity contribution in [1.29, 1.82) is 0 Å². The van der Waals surface area contributed by atoms with Crippen molar-refractivity contribution in [2.45, 2.75) is 57.7 Å². The van der Waals surface area contributed by atoms with Gasteiger partial charge in [-0.05, 0) is 47.6 Å². The number of piperidine rings is 1. The number of hydrogen-bond donors (Lipinski definition) is 1. The van der Waals surface area contributed by atoms with Crippen molar-refractivity contribution in [3.8, 4) is 0 Å². The molecule has 1 amide bonds. The van der Waals surface area contributed by atoms with Crippen LogP contribution < -0.4 is 40.0 Å². The third-order valence-corrected chi connectivity index (χ3v) is 3.46. The van der Waals surface area contributed by atoms with Gasteiger partial charge >= 0.3 is 35.7 Å². The maximum absolute atomic E-state index is 11.7. The van der Waals surface area contributed by atoms with Crippen molar-refractivity contribution in [3.63, 3.8) is 0 Å². The van der Waals surface area contributed by atoms with Crippen molar-refractivity contribution in [1.82, 2.24) is 10.2 Å². The molecule has 20 heavy (non-hydrogen) atoms. The first-order valence-corrected chi connectivity index (χ1v) is 6.47. The van der Waals surface area contributed by atoms with Crippen LogP contribution in [0.2, 0.25) is 0 Å². The normalized spacial score (nSPS) is 27.4. The number of ether oxygens (including phenoxy) is 1. The standard InChI is InChI=1S/C13H24N2O4.Na/c1-12(2,3)19-11(18)14-9-6-7-15(5)13(4,8-9)10(16)17;/h9H,6-8H2,1-5H3,(H,14,18)(H,16,17);/q;+1/p-1. The number of likely N-dealkylation sites (N-methyl/N-ethyl adjacent to an activating group) is 1. The van der Waals surface area contributed by atoms with Gasteiger partial charge in [0.25, 0.3) is 0 Å². The molecule has 1 aliphatic rings. The van der Waals surface area contributed by atoms with Gasteiger partial charge in [0.2, 0.25) is 0 Å². The minimum Gasteiger partial charge on any atom is -0.548 e. The van der Waals surface area contributed by atoms with E-state index in [1.54, 1.807) is 39.6 Å². The zero-order valence-electron chi connectivity index (χ0n) is 13.3. The SMILES string of the molecule is CN1CCC(NC(=O)OC(C)(C)C)CC1(C)C(=O)[O-].[Na+]. The number of carboxylic acids is 1. The first-order chi connectivity index (χ1) is 8.54. The maximum atomic E-state index is 11.7. The molecular weight excluding hydrogens is 271 g/mol. The van der Waals surface area contributed by atoms with Gasteiger partial charge in [-0.3, -0.25) is 4.90 Å². The van der Waals surface area contributed by atoms with Gasteiger partial charge in [-0.1, -0.05) is 0 Å². The molecule has 0 aromatic rings. The second-order valence-electron chi connectivity index (χ2n) is 6.32. The van der Waals surface area contributed by atoms with Crippen molar-refractivity contribution in [2.75, 3.05) is 13.6 Å². The Hall–Kier alpha value is -0.300. The molecule has 6 nitrogen and oxygen atoms in total. The number of nitrogens with zero attached hydrogens (tertiary/aromatic N) is 1. The molecule has 0 radical (unpaired) electrons. The van der Waals surface area contributed by atoms with Crippen LogP contribution in [-0.2, 0) is 9.53 Å². The molecule has 0 aliphatic carbocycles. The fourth-order valence-corrected chi connectivity index (χ4v) is 2.17. The third kappa shape index (κ3) is 5.24. The van der Waals surface area contributed by atoms with E-state index in [0.29, 0.717) is 19.4 Å². The summed E-state index contributed by atoms with van der Waals surface area (Å²) in [5.41, 5.74) is -1.62. The largest absolute Gasteiger partial charge is 1.00 e. The Morgan fingerprint density at radius 3 is 2.40 bits per heavy atom. The smallest absolute Gasteiger partial charge is 0.548 e. The van der Waals surface area contributed by atoms with E-state index in [2.05, 4.69) is 5.32 Å². The summed E-state index contributed by atoms with van der Waals surface area (Å²) in [4.78, 5) is 24.7. The average molecular weight is 294 g/mol. The summed E-state index contributed by atoms with van der Waals surface area (Å²) in [5.74, 6) is -1.12. The van der Waals surface area contributed by atoms with Crippen LogP contribution in [0.3, 0.4) is 0 Å². The number of alkyl carbamates (subject to hydrolysis) is 1. The summed E-state index contributed by atoms with van der Waals surface area (Å²) in [6.45, 7) is 7.56. The minimum atomic E-state index is -1.12. The Balaban J connectivity index is 0.00000361. The zero-order chi connectivity index (χ0) is 14.8. The first kappa shape index (κ1) is 19.7. The van der Waals surface area contributed by atoms with E-state index in [9.17, 15) is 14.7 Å². The zero-order valence-corrected chi connectivity index (χ0v) is 15.3. The van der Waals surface area contributed by atoms with Crippen LogP contribution in [0.5, 0.6) is 0 Å². The van der Waals surface area contributed by atoms with Crippen LogP contribution in [0.15, 0.2) is 0 Å². The molecule has 0 saturated carbocycles. The molecule has 2 atom stereocenters. The van der Waals surface area contributed by atoms with Crippen LogP contribution in [-0.4, -0.2) is 47.7 Å². The number of carbonyl (C=O) groups is 2. The molecule has 110 valence electrons. The molecule has 1 heterocycles. The van der Waals surface area contributed by atoms with E-state index < -0.39 is 23.2 Å². The predicted molar refractivity (Wildman–Crippen MR) is 68.4 cm³/mol. The molecule has 1 fully saturated rings. The van der Waals surface area contributed by atoms with E-state index in [0.717, 1.165) is 0 Å². The van der Waals surface area contributed by atoms with Gasteiger partial charge < -0.3 is 20.0 Å². The maximum Gasteiger partial charge on any atom is 1.00 e. The Bertz CT molecular complexity index is 370. The predicted octanol–water partition coefficient (Wildman–Crippen LogP) is -2.88. The number of aliphatic carboxylic acids is 1. The number of carboxylic acid groups (broad SMARTS) is 1. The number of hydrogen-bond acceptors (Lipinski definition) is 5. The van der Waals surface area contributed by atoms with Crippen molar-refractivity contribution in [2.24, 2.45) is 0 Å². The summed E-state index contributed by atoms with van der Waals surface area (Å²) in [5, 5.41) is 14.0. The molecule has 1 aliphatic heterocycles. The molecule has 0 aromatic carbocycles.